The van der Waals surface area contributed by atoms with Gasteiger partial charge in [0, 0.05) is 25.1 Å². The first-order chi connectivity index (χ1) is 17.6. The van der Waals surface area contributed by atoms with E-state index in [1.807, 2.05) is 70.2 Å². The maximum absolute atomic E-state index is 13.5. The number of aromatic nitrogens is 2. The van der Waals surface area contributed by atoms with Crippen LogP contribution in [0.5, 0.6) is 0 Å². The van der Waals surface area contributed by atoms with E-state index in [-0.39, 0.29) is 35.4 Å². The molecule has 9 heteroatoms. The highest BCUT2D eigenvalue weighted by molar-refractivity contribution is 7.89. The number of ether oxygens (including phenoxy) is 1. The molecule has 0 fully saturated rings. The van der Waals surface area contributed by atoms with Crippen molar-refractivity contribution in [2.24, 2.45) is 0 Å². The minimum atomic E-state index is -3.94. The summed E-state index contributed by atoms with van der Waals surface area (Å²) >= 11 is 0. The normalized spacial score (nSPS) is 12.7. The number of hydrogen-bond donors (Lipinski definition) is 1. The van der Waals surface area contributed by atoms with Gasteiger partial charge in [-0.15, -0.1) is 0 Å². The molecule has 8 nitrogen and oxygen atoms in total. The number of nitrogens with one attached hydrogen (secondary N) is 1. The Labute approximate surface area is 227 Å². The van der Waals surface area contributed by atoms with Crippen molar-refractivity contribution >= 4 is 21.7 Å². The number of carbonyl (C=O) groups is 1. The molecule has 0 unspecified atom stereocenters. The van der Waals surface area contributed by atoms with Crippen molar-refractivity contribution in [1.82, 2.24) is 14.1 Å². The van der Waals surface area contributed by atoms with E-state index in [1.165, 1.54) is 7.11 Å². The van der Waals surface area contributed by atoms with Crippen LogP contribution < -0.4 is 5.32 Å². The fraction of sp³-hybridized carbons (Fsp3) is 0.448. The summed E-state index contributed by atoms with van der Waals surface area (Å²) in [5, 5.41) is 7.64. The second-order valence-corrected chi connectivity index (χ2v) is 13.5. The number of benzene rings is 2. The summed E-state index contributed by atoms with van der Waals surface area (Å²) in [6.45, 7) is 14.2. The molecule has 0 aliphatic heterocycles. The standard InChI is InChI=1S/C29H40N4O4S/c1-21-10-9-11-23(18-21)33-26(19-25(31-33)29(5,6)7)30-27(34)20-32(16-17-37-8)38(35,36)24-14-12-22(13-15-24)28(2,3)4/h9-15,18-19H,16-17,20H2,1-8H3,(H,30,34). The molecular weight excluding hydrogens is 500 g/mol. The Kier molecular flexibility index (Phi) is 8.86. The molecule has 1 amide bonds. The van der Waals surface area contributed by atoms with E-state index >= 15 is 0 Å². The number of carbonyl (C=O) groups excluding carboxylic acids is 1. The van der Waals surface area contributed by atoms with Crippen LogP contribution in [0.2, 0.25) is 0 Å². The molecule has 0 radical (unpaired) electrons. The van der Waals surface area contributed by atoms with Crippen molar-refractivity contribution in [3.63, 3.8) is 0 Å². The molecule has 3 aromatic rings. The van der Waals surface area contributed by atoms with Gasteiger partial charge in [0.25, 0.3) is 0 Å². The van der Waals surface area contributed by atoms with E-state index in [2.05, 4.69) is 26.1 Å². The number of sulfonamides is 1. The van der Waals surface area contributed by atoms with Crippen LogP contribution in [0.25, 0.3) is 5.69 Å². The number of nitrogens with zero attached hydrogens (tertiary/aromatic N) is 3. The molecule has 0 bridgehead atoms. The van der Waals surface area contributed by atoms with E-state index in [0.29, 0.717) is 5.82 Å². The maximum Gasteiger partial charge on any atom is 0.243 e. The molecule has 0 spiro atoms. The summed E-state index contributed by atoms with van der Waals surface area (Å²) < 4.78 is 35.0. The van der Waals surface area contributed by atoms with E-state index in [4.69, 9.17) is 9.84 Å². The van der Waals surface area contributed by atoms with Gasteiger partial charge in [-0.1, -0.05) is 65.8 Å². The van der Waals surface area contributed by atoms with E-state index in [1.54, 1.807) is 16.8 Å². The number of aryl methyl sites for hydroxylation is 1. The Morgan fingerprint density at radius 3 is 2.21 bits per heavy atom. The first kappa shape index (κ1) is 29.5. The topological polar surface area (TPSA) is 93.5 Å². The highest BCUT2D eigenvalue weighted by atomic mass is 32.2. The monoisotopic (exact) mass is 540 g/mol. The Morgan fingerprint density at radius 2 is 1.66 bits per heavy atom. The lowest BCUT2D eigenvalue weighted by Crippen LogP contribution is -2.40. The second-order valence-electron chi connectivity index (χ2n) is 11.6. The van der Waals surface area contributed by atoms with Gasteiger partial charge in [-0.2, -0.15) is 9.40 Å². The molecule has 0 aliphatic carbocycles. The van der Waals surface area contributed by atoms with Crippen LogP contribution >= 0.6 is 0 Å². The number of hydrogen-bond acceptors (Lipinski definition) is 5. The number of methoxy groups -OCH3 is 1. The average Bonchev–Trinajstić information content (AvgIpc) is 3.25. The van der Waals surface area contributed by atoms with Crippen molar-refractivity contribution in [3.8, 4) is 5.69 Å². The Bertz CT molecular complexity index is 1360. The zero-order chi connectivity index (χ0) is 28.3. The summed E-state index contributed by atoms with van der Waals surface area (Å²) in [7, 11) is -2.44. The minimum absolute atomic E-state index is 0.0393. The Balaban J connectivity index is 1.90. The molecule has 3 rings (SSSR count). The number of amides is 1. The van der Waals surface area contributed by atoms with Crippen molar-refractivity contribution < 1.29 is 17.9 Å². The first-order valence-electron chi connectivity index (χ1n) is 12.7. The molecule has 0 atom stereocenters. The zero-order valence-electron chi connectivity index (χ0n) is 23.7. The Morgan fingerprint density at radius 1 is 1.00 bits per heavy atom. The lowest BCUT2D eigenvalue weighted by Gasteiger charge is -2.23. The maximum atomic E-state index is 13.5. The van der Waals surface area contributed by atoms with Crippen molar-refractivity contribution in [3.05, 3.63) is 71.4 Å². The molecule has 1 N–H and O–H groups in total. The summed E-state index contributed by atoms with van der Waals surface area (Å²) in [6.07, 6.45) is 0. The molecule has 206 valence electrons. The lowest BCUT2D eigenvalue weighted by molar-refractivity contribution is -0.116. The fourth-order valence-electron chi connectivity index (χ4n) is 3.89. The predicted molar refractivity (Wildman–Crippen MR) is 151 cm³/mol. The van der Waals surface area contributed by atoms with Gasteiger partial charge in [0.05, 0.1) is 29.4 Å². The van der Waals surface area contributed by atoms with Crippen LogP contribution in [-0.4, -0.2) is 55.2 Å². The van der Waals surface area contributed by atoms with Crippen LogP contribution in [0.4, 0.5) is 5.82 Å². The molecule has 0 saturated carbocycles. The van der Waals surface area contributed by atoms with Crippen molar-refractivity contribution in [2.45, 2.75) is 64.2 Å². The van der Waals surface area contributed by atoms with E-state index in [0.717, 1.165) is 26.8 Å². The predicted octanol–water partition coefficient (Wildman–Crippen LogP) is 5.05. The number of rotatable bonds is 9. The molecule has 1 aromatic heterocycles. The SMILES string of the molecule is COCCN(CC(=O)Nc1cc(C(C)(C)C)nn1-c1cccc(C)c1)S(=O)(=O)c1ccc(C(C)(C)C)cc1. The van der Waals surface area contributed by atoms with Gasteiger partial charge >= 0.3 is 0 Å². The van der Waals surface area contributed by atoms with Crippen LogP contribution in [0.3, 0.4) is 0 Å². The van der Waals surface area contributed by atoms with Gasteiger partial charge < -0.3 is 10.1 Å². The summed E-state index contributed by atoms with van der Waals surface area (Å²) in [5.41, 5.74) is 3.33. The van der Waals surface area contributed by atoms with Crippen LogP contribution in [-0.2, 0) is 30.4 Å². The molecular formula is C29H40N4O4S. The zero-order valence-corrected chi connectivity index (χ0v) is 24.5. The Hall–Kier alpha value is -3.01. The fourth-order valence-corrected chi connectivity index (χ4v) is 5.27. The van der Waals surface area contributed by atoms with Crippen LogP contribution in [0.1, 0.15) is 58.4 Å². The van der Waals surface area contributed by atoms with Crippen molar-refractivity contribution in [1.29, 1.82) is 0 Å². The summed E-state index contributed by atoms with van der Waals surface area (Å²) in [5.74, 6) is 0.00870. The second kappa shape index (κ2) is 11.4. The number of anilines is 1. The molecule has 2 aromatic carbocycles. The smallest absolute Gasteiger partial charge is 0.243 e. The first-order valence-corrected chi connectivity index (χ1v) is 14.1. The highest BCUT2D eigenvalue weighted by Gasteiger charge is 2.28. The van der Waals surface area contributed by atoms with E-state index < -0.39 is 15.9 Å². The third-order valence-corrected chi connectivity index (χ3v) is 8.07. The van der Waals surface area contributed by atoms with Crippen LogP contribution in [0.15, 0.2) is 59.5 Å². The summed E-state index contributed by atoms with van der Waals surface area (Å²) in [6, 6.07) is 16.5. The molecule has 0 saturated heterocycles. The minimum Gasteiger partial charge on any atom is -0.383 e. The lowest BCUT2D eigenvalue weighted by atomic mass is 9.87. The van der Waals surface area contributed by atoms with Gasteiger partial charge in [0.1, 0.15) is 5.82 Å². The molecule has 0 aliphatic rings. The van der Waals surface area contributed by atoms with Gasteiger partial charge in [-0.3, -0.25) is 4.79 Å². The largest absolute Gasteiger partial charge is 0.383 e. The van der Waals surface area contributed by atoms with Gasteiger partial charge in [0.15, 0.2) is 0 Å². The van der Waals surface area contributed by atoms with E-state index in [9.17, 15) is 13.2 Å². The van der Waals surface area contributed by atoms with Crippen molar-refractivity contribution in [2.75, 3.05) is 32.1 Å². The quantitative estimate of drug-likeness (QED) is 0.410. The molecule has 38 heavy (non-hydrogen) atoms. The van der Waals surface area contributed by atoms with Gasteiger partial charge in [-0.05, 0) is 47.7 Å². The third-order valence-electron chi connectivity index (χ3n) is 6.21. The third kappa shape index (κ3) is 7.09. The van der Waals surface area contributed by atoms with Crippen LogP contribution in [0, 0.1) is 6.92 Å². The summed E-state index contributed by atoms with van der Waals surface area (Å²) in [4.78, 5) is 13.4. The highest BCUT2D eigenvalue weighted by Crippen LogP contribution is 2.27. The van der Waals surface area contributed by atoms with Gasteiger partial charge in [-0.25, -0.2) is 13.1 Å². The molecule has 1 heterocycles. The average molecular weight is 541 g/mol. The van der Waals surface area contributed by atoms with Gasteiger partial charge in [0.2, 0.25) is 15.9 Å².